The quantitative estimate of drug-likeness (QED) is 0.795. The Morgan fingerprint density at radius 1 is 1.22 bits per heavy atom. The lowest BCUT2D eigenvalue weighted by molar-refractivity contribution is 0.0606. The molecular formula is C17H16BrNO3S. The van der Waals surface area contributed by atoms with E-state index in [2.05, 4.69) is 26.0 Å². The Labute approximate surface area is 147 Å². The fourth-order valence-electron chi connectivity index (χ4n) is 2.75. The summed E-state index contributed by atoms with van der Waals surface area (Å²) >= 11 is 4.64. The molecule has 1 aliphatic rings. The predicted octanol–water partition coefficient (Wildman–Crippen LogP) is 4.11. The normalized spacial score (nSPS) is 15.6. The number of hydrogen-bond donors (Lipinski definition) is 1. The van der Waals surface area contributed by atoms with Gasteiger partial charge in [0.05, 0.1) is 17.5 Å². The van der Waals surface area contributed by atoms with E-state index in [1.807, 2.05) is 24.3 Å². The second-order valence-corrected chi connectivity index (χ2v) is 7.56. The molecule has 1 heterocycles. The second kappa shape index (κ2) is 6.45. The van der Waals surface area contributed by atoms with Crippen LogP contribution in [0.3, 0.4) is 0 Å². The zero-order chi connectivity index (χ0) is 16.4. The topological polar surface area (TPSA) is 55.4 Å². The molecule has 1 saturated carbocycles. The number of thiophene rings is 1. The molecule has 0 atom stereocenters. The van der Waals surface area contributed by atoms with Crippen LogP contribution in [0.2, 0.25) is 0 Å². The van der Waals surface area contributed by atoms with Gasteiger partial charge >= 0.3 is 5.97 Å². The molecule has 23 heavy (non-hydrogen) atoms. The fraction of sp³-hybridized carbons (Fsp3) is 0.294. The number of ether oxygens (including phenoxy) is 1. The number of hydrogen-bond acceptors (Lipinski definition) is 4. The smallest absolute Gasteiger partial charge is 0.348 e. The molecule has 1 N–H and O–H groups in total. The summed E-state index contributed by atoms with van der Waals surface area (Å²) in [4.78, 5) is 25.0. The van der Waals surface area contributed by atoms with Crippen LogP contribution in [-0.2, 0) is 10.3 Å². The number of methoxy groups -OCH3 is 1. The molecule has 1 aromatic heterocycles. The van der Waals surface area contributed by atoms with E-state index in [4.69, 9.17) is 0 Å². The van der Waals surface area contributed by atoms with Gasteiger partial charge in [-0.3, -0.25) is 4.79 Å². The highest BCUT2D eigenvalue weighted by Gasteiger charge is 2.40. The Bertz CT molecular complexity index is 752. The fourth-order valence-corrected chi connectivity index (χ4v) is 3.97. The largest absolute Gasteiger partial charge is 0.465 e. The lowest BCUT2D eigenvalue weighted by Gasteiger charge is -2.43. The van der Waals surface area contributed by atoms with E-state index in [1.54, 1.807) is 12.1 Å². The molecule has 3 rings (SSSR count). The number of nitrogens with one attached hydrogen (secondary N) is 1. The van der Waals surface area contributed by atoms with Crippen molar-refractivity contribution in [1.29, 1.82) is 0 Å². The molecule has 0 saturated heterocycles. The molecule has 120 valence electrons. The molecule has 0 unspecified atom stereocenters. The molecule has 2 aromatic rings. The van der Waals surface area contributed by atoms with Gasteiger partial charge in [0.2, 0.25) is 0 Å². The van der Waals surface area contributed by atoms with E-state index in [0.717, 1.165) is 40.6 Å². The molecular weight excluding hydrogens is 378 g/mol. The summed E-state index contributed by atoms with van der Waals surface area (Å²) in [5.41, 5.74) is 0.798. The van der Waals surface area contributed by atoms with Gasteiger partial charge in [0.1, 0.15) is 4.88 Å². The first-order valence-electron chi connectivity index (χ1n) is 7.31. The third-order valence-electron chi connectivity index (χ3n) is 4.15. The van der Waals surface area contributed by atoms with Gasteiger partial charge in [-0.05, 0) is 49.1 Å². The molecule has 0 radical (unpaired) electrons. The van der Waals surface area contributed by atoms with Crippen molar-refractivity contribution in [3.8, 4) is 0 Å². The molecule has 0 spiro atoms. The van der Waals surface area contributed by atoms with E-state index in [9.17, 15) is 9.59 Å². The highest BCUT2D eigenvalue weighted by atomic mass is 79.9. The number of amides is 1. The average molecular weight is 394 g/mol. The maximum absolute atomic E-state index is 12.6. The van der Waals surface area contributed by atoms with Crippen molar-refractivity contribution in [1.82, 2.24) is 5.32 Å². The van der Waals surface area contributed by atoms with E-state index in [0.29, 0.717) is 9.75 Å². The first-order chi connectivity index (χ1) is 11.0. The van der Waals surface area contributed by atoms with E-state index in [-0.39, 0.29) is 11.4 Å². The molecule has 0 bridgehead atoms. The lowest BCUT2D eigenvalue weighted by atomic mass is 9.72. The first-order valence-corrected chi connectivity index (χ1v) is 8.92. The van der Waals surface area contributed by atoms with Crippen LogP contribution < -0.4 is 5.32 Å². The lowest BCUT2D eigenvalue weighted by Crippen LogP contribution is -2.50. The van der Waals surface area contributed by atoms with Gasteiger partial charge in [-0.1, -0.05) is 28.1 Å². The number of halogens is 1. The molecule has 1 amide bonds. The summed E-state index contributed by atoms with van der Waals surface area (Å²) < 4.78 is 5.68. The monoisotopic (exact) mass is 393 g/mol. The van der Waals surface area contributed by atoms with Gasteiger partial charge in [-0.2, -0.15) is 0 Å². The SMILES string of the molecule is COC(=O)c1ccc(C(=O)NC2(c3cccc(Br)c3)CCC2)s1. The van der Waals surface area contributed by atoms with Crippen molar-refractivity contribution in [3.05, 3.63) is 56.2 Å². The Balaban J connectivity index is 1.80. The molecule has 0 aliphatic heterocycles. The Hall–Kier alpha value is -1.66. The molecule has 6 heteroatoms. The Morgan fingerprint density at radius 2 is 1.96 bits per heavy atom. The maximum Gasteiger partial charge on any atom is 0.348 e. The average Bonchev–Trinajstić information content (AvgIpc) is 3.00. The van der Waals surface area contributed by atoms with Crippen LogP contribution in [0.25, 0.3) is 0 Å². The minimum atomic E-state index is -0.417. The van der Waals surface area contributed by atoms with Crippen molar-refractivity contribution in [2.24, 2.45) is 0 Å². The van der Waals surface area contributed by atoms with E-state index < -0.39 is 5.97 Å². The third-order valence-corrected chi connectivity index (χ3v) is 5.71. The molecule has 4 nitrogen and oxygen atoms in total. The van der Waals surface area contributed by atoms with Crippen LogP contribution in [0.1, 0.15) is 44.2 Å². The van der Waals surface area contributed by atoms with Crippen molar-refractivity contribution in [2.75, 3.05) is 7.11 Å². The summed E-state index contributed by atoms with van der Waals surface area (Å²) in [6, 6.07) is 11.3. The van der Waals surface area contributed by atoms with Crippen LogP contribution in [0.4, 0.5) is 0 Å². The van der Waals surface area contributed by atoms with Gasteiger partial charge in [0.25, 0.3) is 5.91 Å². The number of carbonyl (C=O) groups is 2. The summed E-state index contributed by atoms with van der Waals surface area (Å²) in [5.74, 6) is -0.566. The van der Waals surface area contributed by atoms with Gasteiger partial charge in [-0.25, -0.2) is 4.79 Å². The summed E-state index contributed by atoms with van der Waals surface area (Å²) in [6.07, 6.45) is 2.93. The van der Waals surface area contributed by atoms with Crippen LogP contribution in [-0.4, -0.2) is 19.0 Å². The van der Waals surface area contributed by atoms with Gasteiger partial charge < -0.3 is 10.1 Å². The van der Waals surface area contributed by atoms with Gasteiger partial charge in [-0.15, -0.1) is 11.3 Å². The summed E-state index contributed by atoms with van der Waals surface area (Å²) in [5, 5.41) is 3.16. The number of esters is 1. The molecule has 1 fully saturated rings. The van der Waals surface area contributed by atoms with Crippen LogP contribution in [0, 0.1) is 0 Å². The van der Waals surface area contributed by atoms with Crippen molar-refractivity contribution in [3.63, 3.8) is 0 Å². The minimum Gasteiger partial charge on any atom is -0.465 e. The highest BCUT2D eigenvalue weighted by Crippen LogP contribution is 2.42. The third kappa shape index (κ3) is 3.19. The van der Waals surface area contributed by atoms with Crippen LogP contribution in [0.5, 0.6) is 0 Å². The van der Waals surface area contributed by atoms with Crippen molar-refractivity contribution >= 4 is 39.1 Å². The van der Waals surface area contributed by atoms with Crippen LogP contribution in [0.15, 0.2) is 40.9 Å². The number of rotatable bonds is 4. The maximum atomic E-state index is 12.6. The zero-order valence-corrected chi connectivity index (χ0v) is 15.0. The predicted molar refractivity (Wildman–Crippen MR) is 92.8 cm³/mol. The highest BCUT2D eigenvalue weighted by molar-refractivity contribution is 9.10. The van der Waals surface area contributed by atoms with E-state index in [1.165, 1.54) is 7.11 Å². The van der Waals surface area contributed by atoms with E-state index >= 15 is 0 Å². The first kappa shape index (κ1) is 16.2. The Morgan fingerprint density at radius 3 is 2.57 bits per heavy atom. The Kier molecular flexibility index (Phi) is 4.55. The van der Waals surface area contributed by atoms with Gasteiger partial charge in [0, 0.05) is 4.47 Å². The minimum absolute atomic E-state index is 0.148. The number of carbonyl (C=O) groups excluding carboxylic acids is 2. The van der Waals surface area contributed by atoms with Gasteiger partial charge in [0.15, 0.2) is 0 Å². The summed E-state index contributed by atoms with van der Waals surface area (Å²) in [6.45, 7) is 0. The summed E-state index contributed by atoms with van der Waals surface area (Å²) in [7, 11) is 1.33. The zero-order valence-electron chi connectivity index (χ0n) is 12.6. The second-order valence-electron chi connectivity index (χ2n) is 5.56. The van der Waals surface area contributed by atoms with Crippen LogP contribution >= 0.6 is 27.3 Å². The van der Waals surface area contributed by atoms with Crippen molar-refractivity contribution < 1.29 is 14.3 Å². The van der Waals surface area contributed by atoms with Crippen molar-refractivity contribution in [2.45, 2.75) is 24.8 Å². The molecule has 1 aromatic carbocycles. The standard InChI is InChI=1S/C17H16BrNO3S/c1-22-16(21)14-7-6-13(23-14)15(20)19-17(8-3-9-17)11-4-2-5-12(18)10-11/h2,4-7,10H,3,8-9H2,1H3,(H,19,20). The number of benzene rings is 1. The molecule has 1 aliphatic carbocycles.